The Kier molecular flexibility index (Phi) is 4.57. The van der Waals surface area contributed by atoms with Crippen molar-refractivity contribution in [3.05, 3.63) is 30.0 Å². The number of nitrogens with zero attached hydrogens (tertiary/aromatic N) is 3. The van der Waals surface area contributed by atoms with Gasteiger partial charge in [-0.3, -0.25) is 4.98 Å². The number of piperazine rings is 1. The minimum atomic E-state index is -0.917. The number of rotatable bonds is 4. The molecule has 1 aliphatic heterocycles. The Morgan fingerprint density at radius 2 is 2.04 bits per heavy atom. The predicted octanol–water partition coefficient (Wildman–Crippen LogP) is 0.724. The van der Waals surface area contributed by atoms with Crippen LogP contribution in [0.2, 0.25) is 0 Å². The molecule has 0 spiro atoms. The van der Waals surface area contributed by atoms with Crippen LogP contribution in [0.3, 0.4) is 0 Å². The van der Waals surface area contributed by atoms with Gasteiger partial charge in [-0.25, -0.2) is 4.79 Å². The van der Waals surface area contributed by atoms with Crippen molar-refractivity contribution in [2.45, 2.75) is 6.92 Å². The summed E-state index contributed by atoms with van der Waals surface area (Å²) in [7, 11) is 3.97. The van der Waals surface area contributed by atoms with Gasteiger partial charge >= 0.3 is 5.97 Å². The maximum Gasteiger partial charge on any atom is 0.339 e. The van der Waals surface area contributed by atoms with E-state index in [0.717, 1.165) is 55.0 Å². The molecule has 6 heteroatoms. The number of hydrogen-bond donors (Lipinski definition) is 2. The van der Waals surface area contributed by atoms with E-state index in [-0.39, 0.29) is 0 Å². The Balaban J connectivity index is 2.12. The van der Waals surface area contributed by atoms with Gasteiger partial charge in [0.25, 0.3) is 0 Å². The molecule has 0 aliphatic carbocycles. The van der Waals surface area contributed by atoms with Crippen LogP contribution < -0.4 is 14.7 Å². The molecular weight excluding hydrogens is 304 g/mol. The molecular formula is C18H25N4O2+. The van der Waals surface area contributed by atoms with Crippen molar-refractivity contribution in [3.8, 4) is 0 Å². The maximum atomic E-state index is 11.8. The number of quaternary nitrogens is 1. The number of carbonyl (C=O) groups is 1. The summed E-state index contributed by atoms with van der Waals surface area (Å²) in [5.74, 6) is -0.917. The minimum absolute atomic E-state index is 0.290. The van der Waals surface area contributed by atoms with E-state index in [2.05, 4.69) is 16.8 Å². The molecule has 0 unspecified atom stereocenters. The number of aromatic nitrogens is 1. The Morgan fingerprint density at radius 3 is 2.62 bits per heavy atom. The quantitative estimate of drug-likeness (QED) is 0.866. The lowest BCUT2D eigenvalue weighted by Crippen LogP contribution is -3.14. The normalized spacial score (nSPS) is 15.7. The summed E-state index contributed by atoms with van der Waals surface area (Å²) >= 11 is 0. The average Bonchev–Trinajstić information content (AvgIpc) is 2.60. The van der Waals surface area contributed by atoms with Crippen LogP contribution in [0, 0.1) is 0 Å². The van der Waals surface area contributed by atoms with Gasteiger partial charge in [0.05, 0.1) is 43.9 Å². The van der Waals surface area contributed by atoms with Crippen LogP contribution in [0.25, 0.3) is 10.9 Å². The van der Waals surface area contributed by atoms with Gasteiger partial charge in [0.1, 0.15) is 5.56 Å². The maximum absolute atomic E-state index is 11.8. The number of fused-ring (bicyclic) bond motifs is 1. The molecule has 2 aromatic rings. The van der Waals surface area contributed by atoms with E-state index in [0.29, 0.717) is 5.56 Å². The summed E-state index contributed by atoms with van der Waals surface area (Å²) in [4.78, 5) is 21.9. The van der Waals surface area contributed by atoms with Gasteiger partial charge in [-0.05, 0) is 25.1 Å². The second-order valence-corrected chi connectivity index (χ2v) is 6.51. The number of anilines is 2. The summed E-state index contributed by atoms with van der Waals surface area (Å²) in [6.07, 6.45) is 1.49. The van der Waals surface area contributed by atoms with E-state index in [1.165, 1.54) is 6.20 Å². The van der Waals surface area contributed by atoms with Crippen molar-refractivity contribution < 1.29 is 14.8 Å². The van der Waals surface area contributed by atoms with Crippen molar-refractivity contribution in [1.82, 2.24) is 4.98 Å². The summed E-state index contributed by atoms with van der Waals surface area (Å²) < 4.78 is 0. The molecule has 0 saturated carbocycles. The molecule has 0 bridgehead atoms. The fourth-order valence-corrected chi connectivity index (χ4v) is 3.34. The second kappa shape index (κ2) is 6.65. The monoisotopic (exact) mass is 329 g/mol. The van der Waals surface area contributed by atoms with Crippen LogP contribution in [-0.4, -0.2) is 62.9 Å². The fraction of sp³-hybridized carbons (Fsp3) is 0.444. The Hall–Kier alpha value is -2.34. The SMILES string of the molecule is CC[NH+]1CCN(c2c(C(=O)O)cnc3ccc(N(C)C)cc23)CC1. The molecule has 0 atom stereocenters. The first-order valence-corrected chi connectivity index (χ1v) is 8.43. The Bertz CT molecular complexity index is 752. The highest BCUT2D eigenvalue weighted by molar-refractivity contribution is 6.05. The molecule has 2 heterocycles. The van der Waals surface area contributed by atoms with Gasteiger partial charge in [0.2, 0.25) is 0 Å². The summed E-state index contributed by atoms with van der Waals surface area (Å²) in [5.41, 5.74) is 2.99. The van der Waals surface area contributed by atoms with Crippen LogP contribution in [0.15, 0.2) is 24.4 Å². The Labute approximate surface area is 142 Å². The molecule has 1 saturated heterocycles. The van der Waals surface area contributed by atoms with E-state index in [9.17, 15) is 9.90 Å². The van der Waals surface area contributed by atoms with Crippen molar-refractivity contribution in [1.29, 1.82) is 0 Å². The Morgan fingerprint density at radius 1 is 1.33 bits per heavy atom. The van der Waals surface area contributed by atoms with Crippen LogP contribution in [-0.2, 0) is 0 Å². The first-order chi connectivity index (χ1) is 11.5. The number of aromatic carboxylic acids is 1. The first-order valence-electron chi connectivity index (χ1n) is 8.43. The summed E-state index contributed by atoms with van der Waals surface area (Å²) in [6.45, 7) is 7.11. The van der Waals surface area contributed by atoms with Crippen molar-refractivity contribution >= 4 is 28.2 Å². The molecule has 24 heavy (non-hydrogen) atoms. The molecule has 3 rings (SSSR count). The van der Waals surface area contributed by atoms with E-state index in [1.54, 1.807) is 4.90 Å². The molecule has 1 aliphatic rings. The molecule has 0 radical (unpaired) electrons. The topological polar surface area (TPSA) is 61.1 Å². The van der Waals surface area contributed by atoms with Crippen LogP contribution in [0.5, 0.6) is 0 Å². The minimum Gasteiger partial charge on any atom is -0.478 e. The smallest absolute Gasteiger partial charge is 0.339 e. The lowest BCUT2D eigenvalue weighted by Gasteiger charge is -2.34. The summed E-state index contributed by atoms with van der Waals surface area (Å²) in [5, 5.41) is 10.6. The predicted molar refractivity (Wildman–Crippen MR) is 96.5 cm³/mol. The van der Waals surface area contributed by atoms with Crippen molar-refractivity contribution in [3.63, 3.8) is 0 Å². The molecule has 6 nitrogen and oxygen atoms in total. The highest BCUT2D eigenvalue weighted by Crippen LogP contribution is 2.32. The fourth-order valence-electron chi connectivity index (χ4n) is 3.34. The molecule has 1 aromatic heterocycles. The number of hydrogen-bond acceptors (Lipinski definition) is 4. The average molecular weight is 329 g/mol. The van der Waals surface area contributed by atoms with Gasteiger partial charge in [0.15, 0.2) is 0 Å². The zero-order valence-corrected chi connectivity index (χ0v) is 14.5. The number of likely N-dealkylation sites (N-methyl/N-ethyl adjacent to an activating group) is 1. The van der Waals surface area contributed by atoms with E-state index in [1.807, 2.05) is 37.2 Å². The largest absolute Gasteiger partial charge is 0.478 e. The zero-order chi connectivity index (χ0) is 17.3. The third-order valence-electron chi connectivity index (χ3n) is 4.86. The highest BCUT2D eigenvalue weighted by atomic mass is 16.4. The van der Waals surface area contributed by atoms with Gasteiger partial charge in [-0.2, -0.15) is 0 Å². The van der Waals surface area contributed by atoms with Crippen molar-refractivity contribution in [2.75, 3.05) is 56.6 Å². The number of carboxylic acids is 1. The van der Waals surface area contributed by atoms with Gasteiger partial charge in [-0.15, -0.1) is 0 Å². The third-order valence-corrected chi connectivity index (χ3v) is 4.86. The number of carboxylic acid groups (broad SMARTS) is 1. The molecule has 128 valence electrons. The van der Waals surface area contributed by atoms with Gasteiger partial charge in [0, 0.05) is 31.4 Å². The molecule has 0 amide bonds. The van der Waals surface area contributed by atoms with Gasteiger partial charge in [-0.1, -0.05) is 0 Å². The lowest BCUT2D eigenvalue weighted by molar-refractivity contribution is -0.898. The summed E-state index contributed by atoms with van der Waals surface area (Å²) in [6, 6.07) is 6.02. The standard InChI is InChI=1S/C18H24N4O2/c1-4-21-7-9-22(10-8-21)17-14-11-13(20(2)3)5-6-16(14)19-12-15(17)18(23)24/h5-6,11-12H,4,7-10H2,1-3H3,(H,23,24)/p+1. The van der Waals surface area contributed by atoms with Crippen LogP contribution >= 0.6 is 0 Å². The van der Waals surface area contributed by atoms with E-state index in [4.69, 9.17) is 0 Å². The third kappa shape index (κ3) is 3.01. The second-order valence-electron chi connectivity index (χ2n) is 6.51. The van der Waals surface area contributed by atoms with Gasteiger partial charge < -0.3 is 19.8 Å². The van der Waals surface area contributed by atoms with E-state index >= 15 is 0 Å². The molecule has 1 fully saturated rings. The molecule has 2 N–H and O–H groups in total. The number of benzene rings is 1. The number of pyridine rings is 1. The lowest BCUT2D eigenvalue weighted by atomic mass is 10.1. The van der Waals surface area contributed by atoms with E-state index < -0.39 is 5.97 Å². The molecule has 1 aromatic carbocycles. The number of nitrogens with one attached hydrogen (secondary N) is 1. The first kappa shape index (κ1) is 16.5. The zero-order valence-electron chi connectivity index (χ0n) is 14.5. The van der Waals surface area contributed by atoms with Crippen LogP contribution in [0.4, 0.5) is 11.4 Å². The van der Waals surface area contributed by atoms with Crippen LogP contribution in [0.1, 0.15) is 17.3 Å². The van der Waals surface area contributed by atoms with Crippen molar-refractivity contribution in [2.24, 2.45) is 0 Å². The highest BCUT2D eigenvalue weighted by Gasteiger charge is 2.25.